The topological polar surface area (TPSA) is 108 Å². The molecule has 2 saturated heterocycles. The second kappa shape index (κ2) is 8.67. The largest absolute Gasteiger partial charge is 0.466 e. The summed E-state index contributed by atoms with van der Waals surface area (Å²) in [6.45, 7) is 10.2. The highest BCUT2D eigenvalue weighted by molar-refractivity contribution is 5.66. The van der Waals surface area contributed by atoms with Crippen LogP contribution in [0.4, 0.5) is 0 Å². The SMILES string of the molecule is CO[C@@]1(C)O[C@@H]2[C@@H](OC(C)=O)C3(C[C@@H]4OC(C)(C)O[C@@H]4C3)[C@@H](COC(C)=O)C[C@H]2O[C@]1(C)OC. The molecule has 0 aromatic rings. The van der Waals surface area contributed by atoms with Crippen molar-refractivity contribution in [2.45, 2.75) is 109 Å². The Labute approximate surface area is 200 Å². The van der Waals surface area contributed by atoms with Gasteiger partial charge in [0.1, 0.15) is 12.2 Å². The first-order chi connectivity index (χ1) is 15.8. The van der Waals surface area contributed by atoms with Crippen LogP contribution in [0.15, 0.2) is 0 Å². The van der Waals surface area contributed by atoms with Crippen molar-refractivity contribution < 1.29 is 47.5 Å². The van der Waals surface area contributed by atoms with Crippen molar-refractivity contribution in [1.82, 2.24) is 0 Å². The normalized spacial score (nSPS) is 47.2. The summed E-state index contributed by atoms with van der Waals surface area (Å²) >= 11 is 0. The fourth-order valence-corrected chi connectivity index (χ4v) is 6.35. The fourth-order valence-electron chi connectivity index (χ4n) is 6.35. The van der Waals surface area contributed by atoms with Gasteiger partial charge in [-0.15, -0.1) is 0 Å². The van der Waals surface area contributed by atoms with Gasteiger partial charge >= 0.3 is 11.9 Å². The van der Waals surface area contributed by atoms with E-state index in [9.17, 15) is 9.59 Å². The van der Waals surface area contributed by atoms with Crippen LogP contribution in [0.2, 0.25) is 0 Å². The summed E-state index contributed by atoms with van der Waals surface area (Å²) in [5.41, 5.74) is -0.604. The van der Waals surface area contributed by atoms with E-state index in [0.717, 1.165) is 0 Å². The van der Waals surface area contributed by atoms with Crippen LogP contribution in [0.5, 0.6) is 0 Å². The number of rotatable bonds is 5. The van der Waals surface area contributed by atoms with E-state index in [0.29, 0.717) is 19.3 Å². The zero-order chi connectivity index (χ0) is 25.1. The molecule has 2 saturated carbocycles. The van der Waals surface area contributed by atoms with Crippen molar-refractivity contribution in [1.29, 1.82) is 0 Å². The van der Waals surface area contributed by atoms with Crippen molar-refractivity contribution in [3.05, 3.63) is 0 Å². The van der Waals surface area contributed by atoms with Crippen LogP contribution in [0, 0.1) is 11.3 Å². The summed E-state index contributed by atoms with van der Waals surface area (Å²) in [6.07, 6.45) is -0.497. The monoisotopic (exact) mass is 486 g/mol. The maximum atomic E-state index is 12.3. The highest BCUT2D eigenvalue weighted by Crippen LogP contribution is 2.60. The first-order valence-electron chi connectivity index (χ1n) is 11.9. The van der Waals surface area contributed by atoms with E-state index < -0.39 is 47.1 Å². The third-order valence-electron chi connectivity index (χ3n) is 8.13. The van der Waals surface area contributed by atoms with E-state index in [-0.39, 0.29) is 30.7 Å². The predicted octanol–water partition coefficient (Wildman–Crippen LogP) is 2.31. The Morgan fingerprint density at radius 2 is 1.38 bits per heavy atom. The maximum Gasteiger partial charge on any atom is 0.303 e. The van der Waals surface area contributed by atoms with E-state index in [2.05, 4.69) is 0 Å². The molecule has 2 aliphatic heterocycles. The molecule has 9 atom stereocenters. The van der Waals surface area contributed by atoms with Crippen LogP contribution in [0.3, 0.4) is 0 Å². The summed E-state index contributed by atoms with van der Waals surface area (Å²) in [6, 6.07) is 0. The van der Waals surface area contributed by atoms with Gasteiger partial charge in [0, 0.05) is 39.4 Å². The molecule has 0 aromatic heterocycles. The number of ether oxygens (including phenoxy) is 8. The maximum absolute atomic E-state index is 12.3. The zero-order valence-corrected chi connectivity index (χ0v) is 21.4. The Bertz CT molecular complexity index is 798. The molecule has 194 valence electrons. The number of hydrogen-bond donors (Lipinski definition) is 0. The van der Waals surface area contributed by atoms with Gasteiger partial charge in [-0.3, -0.25) is 9.59 Å². The summed E-state index contributed by atoms with van der Waals surface area (Å²) in [4.78, 5) is 24.1. The van der Waals surface area contributed by atoms with Crippen LogP contribution in [-0.4, -0.2) is 80.6 Å². The highest BCUT2D eigenvalue weighted by Gasteiger charge is 2.69. The molecular formula is C24H38O10. The Hall–Kier alpha value is -1.30. The number of carbonyl (C=O) groups is 2. The molecular weight excluding hydrogens is 448 g/mol. The molecule has 0 aromatic carbocycles. The minimum atomic E-state index is -1.26. The van der Waals surface area contributed by atoms with Gasteiger partial charge in [0.2, 0.25) is 11.6 Å². The van der Waals surface area contributed by atoms with Gasteiger partial charge in [0.05, 0.1) is 24.9 Å². The summed E-state index contributed by atoms with van der Waals surface area (Å²) < 4.78 is 48.2. The van der Waals surface area contributed by atoms with Crippen molar-refractivity contribution in [2.24, 2.45) is 11.3 Å². The number of methoxy groups -OCH3 is 2. The number of fused-ring (bicyclic) bond motifs is 2. The number of esters is 2. The van der Waals surface area contributed by atoms with Gasteiger partial charge in [-0.05, 0) is 47.0 Å². The first-order valence-corrected chi connectivity index (χ1v) is 11.9. The summed E-state index contributed by atoms with van der Waals surface area (Å²) in [5.74, 6) is -4.13. The molecule has 4 fully saturated rings. The molecule has 1 unspecified atom stereocenters. The van der Waals surface area contributed by atoms with E-state index >= 15 is 0 Å². The van der Waals surface area contributed by atoms with Gasteiger partial charge in [-0.2, -0.15) is 0 Å². The molecule has 10 heteroatoms. The Kier molecular flexibility index (Phi) is 6.58. The van der Waals surface area contributed by atoms with Crippen molar-refractivity contribution >= 4 is 11.9 Å². The third kappa shape index (κ3) is 4.16. The van der Waals surface area contributed by atoms with Crippen molar-refractivity contribution in [3.63, 3.8) is 0 Å². The van der Waals surface area contributed by atoms with Crippen molar-refractivity contribution in [2.75, 3.05) is 20.8 Å². The summed E-state index contributed by atoms with van der Waals surface area (Å²) in [7, 11) is 3.05. The van der Waals surface area contributed by atoms with E-state index in [1.165, 1.54) is 28.1 Å². The second-order valence-electron chi connectivity index (χ2n) is 10.7. The molecule has 0 bridgehead atoms. The standard InChI is InChI=1S/C24H38O10/c1-13(25)29-12-15-9-16-19(34-23(6,28-8)22(5,27-7)33-16)20(30-14(2)26)24(15)10-17-18(11-24)32-21(3,4)31-17/h15-20H,9-12H2,1-8H3/t15-,16-,17-,18+,19+,20-,22+,23+,24?/m1/s1. The van der Waals surface area contributed by atoms with Gasteiger partial charge in [-0.25, -0.2) is 0 Å². The second-order valence-corrected chi connectivity index (χ2v) is 10.7. The van der Waals surface area contributed by atoms with Gasteiger partial charge in [0.25, 0.3) is 0 Å². The quantitative estimate of drug-likeness (QED) is 0.537. The van der Waals surface area contributed by atoms with E-state index in [1.54, 1.807) is 13.8 Å². The molecule has 4 rings (SSSR count). The van der Waals surface area contributed by atoms with Crippen LogP contribution >= 0.6 is 0 Å². The molecule has 0 N–H and O–H groups in total. The fraction of sp³-hybridized carbons (Fsp3) is 0.917. The first kappa shape index (κ1) is 25.8. The van der Waals surface area contributed by atoms with Crippen LogP contribution < -0.4 is 0 Å². The number of carbonyl (C=O) groups excluding carboxylic acids is 2. The van der Waals surface area contributed by atoms with Crippen molar-refractivity contribution in [3.8, 4) is 0 Å². The average Bonchev–Trinajstić information content (AvgIpc) is 3.21. The van der Waals surface area contributed by atoms with Gasteiger partial charge in [0.15, 0.2) is 5.79 Å². The Morgan fingerprint density at radius 3 is 1.88 bits per heavy atom. The molecule has 4 aliphatic rings. The molecule has 1 spiro atoms. The van der Waals surface area contributed by atoms with Gasteiger partial charge in [-0.1, -0.05) is 0 Å². The van der Waals surface area contributed by atoms with Crippen LogP contribution in [-0.2, 0) is 47.5 Å². The Balaban J connectivity index is 1.74. The lowest BCUT2D eigenvalue weighted by molar-refractivity contribution is -0.464. The average molecular weight is 487 g/mol. The zero-order valence-electron chi connectivity index (χ0n) is 21.4. The number of hydrogen-bond acceptors (Lipinski definition) is 10. The molecule has 10 nitrogen and oxygen atoms in total. The summed E-state index contributed by atoms with van der Waals surface area (Å²) in [5, 5.41) is 0. The lowest BCUT2D eigenvalue weighted by atomic mass is 9.61. The molecule has 0 radical (unpaired) electrons. The van der Waals surface area contributed by atoms with E-state index in [1.807, 2.05) is 13.8 Å². The van der Waals surface area contributed by atoms with Crippen LogP contribution in [0.25, 0.3) is 0 Å². The molecule has 2 aliphatic carbocycles. The Morgan fingerprint density at radius 1 is 0.824 bits per heavy atom. The minimum Gasteiger partial charge on any atom is -0.466 e. The minimum absolute atomic E-state index is 0.160. The molecule has 0 amide bonds. The van der Waals surface area contributed by atoms with Crippen LogP contribution in [0.1, 0.15) is 60.8 Å². The lowest BCUT2D eigenvalue weighted by Crippen LogP contribution is -2.72. The third-order valence-corrected chi connectivity index (χ3v) is 8.13. The predicted molar refractivity (Wildman–Crippen MR) is 116 cm³/mol. The molecule has 2 heterocycles. The van der Waals surface area contributed by atoms with Gasteiger partial charge < -0.3 is 37.9 Å². The molecule has 34 heavy (non-hydrogen) atoms. The smallest absolute Gasteiger partial charge is 0.303 e. The van der Waals surface area contributed by atoms with E-state index in [4.69, 9.17) is 37.9 Å². The lowest BCUT2D eigenvalue weighted by Gasteiger charge is -2.59. The highest BCUT2D eigenvalue weighted by atomic mass is 16.8.